The summed E-state index contributed by atoms with van der Waals surface area (Å²) in [4.78, 5) is 14.7. The van der Waals surface area contributed by atoms with Gasteiger partial charge in [-0.25, -0.2) is 9.07 Å². The molecule has 0 aliphatic carbocycles. The van der Waals surface area contributed by atoms with E-state index in [1.54, 1.807) is 24.3 Å². The van der Waals surface area contributed by atoms with Crippen LogP contribution in [-0.4, -0.2) is 46.9 Å². The van der Waals surface area contributed by atoms with E-state index in [1.807, 2.05) is 18.7 Å². The third-order valence-corrected chi connectivity index (χ3v) is 4.55. The molecule has 2 heterocycles. The fourth-order valence-electron chi connectivity index (χ4n) is 3.28. The third kappa shape index (κ3) is 3.90. The molecule has 0 radical (unpaired) electrons. The molecule has 134 valence electrons. The van der Waals surface area contributed by atoms with Gasteiger partial charge in [-0.05, 0) is 50.8 Å². The minimum atomic E-state index is -0.359. The van der Waals surface area contributed by atoms with Crippen LogP contribution < -0.4 is 0 Å². The molecule has 6 heteroatoms. The van der Waals surface area contributed by atoms with Crippen molar-refractivity contribution < 1.29 is 13.9 Å². The number of aryl methyl sites for hydroxylation is 1. The van der Waals surface area contributed by atoms with Gasteiger partial charge >= 0.3 is 0 Å². The van der Waals surface area contributed by atoms with Crippen molar-refractivity contribution in [2.75, 3.05) is 26.3 Å². The normalized spacial score (nSPS) is 17.7. The van der Waals surface area contributed by atoms with Crippen LogP contribution in [0, 0.1) is 18.7 Å². The largest absolute Gasteiger partial charge is 0.381 e. The summed E-state index contributed by atoms with van der Waals surface area (Å²) >= 11 is 0. The average molecular weight is 345 g/mol. The molecule has 1 amide bonds. The number of hydrogen-bond acceptors (Lipinski definition) is 3. The highest BCUT2D eigenvalue weighted by Crippen LogP contribution is 2.20. The van der Waals surface area contributed by atoms with Crippen LogP contribution in [0.3, 0.4) is 0 Å². The average Bonchev–Trinajstić information content (AvgIpc) is 3.01. The number of halogens is 1. The first-order valence-corrected chi connectivity index (χ1v) is 8.78. The van der Waals surface area contributed by atoms with Gasteiger partial charge in [0.15, 0.2) is 5.69 Å². The Kier molecular flexibility index (Phi) is 5.48. The number of ether oxygens (including phenoxy) is 1. The van der Waals surface area contributed by atoms with Crippen LogP contribution in [0.25, 0.3) is 5.69 Å². The van der Waals surface area contributed by atoms with E-state index in [2.05, 4.69) is 5.10 Å². The highest BCUT2D eigenvalue weighted by molar-refractivity contribution is 5.92. The van der Waals surface area contributed by atoms with E-state index in [-0.39, 0.29) is 11.7 Å². The second-order valence-electron chi connectivity index (χ2n) is 6.45. The van der Waals surface area contributed by atoms with Crippen molar-refractivity contribution in [1.29, 1.82) is 0 Å². The van der Waals surface area contributed by atoms with Crippen molar-refractivity contribution >= 4 is 5.91 Å². The van der Waals surface area contributed by atoms with Crippen molar-refractivity contribution in [2.24, 2.45) is 5.92 Å². The Morgan fingerprint density at radius 3 is 2.96 bits per heavy atom. The number of carbonyl (C=O) groups excluding carboxylic acids is 1. The fourth-order valence-corrected chi connectivity index (χ4v) is 3.28. The van der Waals surface area contributed by atoms with Gasteiger partial charge in [0.1, 0.15) is 11.5 Å². The van der Waals surface area contributed by atoms with Crippen LogP contribution >= 0.6 is 0 Å². The Balaban J connectivity index is 1.77. The summed E-state index contributed by atoms with van der Waals surface area (Å²) in [6, 6.07) is 8.16. The molecule has 0 saturated carbocycles. The molecule has 1 aliphatic heterocycles. The lowest BCUT2D eigenvalue weighted by Gasteiger charge is -2.32. The molecule has 1 aromatic carbocycles. The van der Waals surface area contributed by atoms with Crippen LogP contribution in [-0.2, 0) is 4.74 Å². The number of amides is 1. The number of hydrogen-bond donors (Lipinski definition) is 0. The Labute approximate surface area is 147 Å². The van der Waals surface area contributed by atoms with Crippen LogP contribution in [0.1, 0.15) is 35.9 Å². The van der Waals surface area contributed by atoms with Gasteiger partial charge in [0, 0.05) is 25.4 Å². The van der Waals surface area contributed by atoms with Crippen LogP contribution in [0.2, 0.25) is 0 Å². The van der Waals surface area contributed by atoms with Gasteiger partial charge in [-0.2, -0.15) is 5.10 Å². The van der Waals surface area contributed by atoms with Gasteiger partial charge in [0.05, 0.1) is 6.61 Å². The molecule has 2 aromatic rings. The predicted molar refractivity (Wildman–Crippen MR) is 93.4 cm³/mol. The fraction of sp³-hybridized carbons (Fsp3) is 0.474. The van der Waals surface area contributed by atoms with Crippen molar-refractivity contribution in [2.45, 2.75) is 26.7 Å². The lowest BCUT2D eigenvalue weighted by Crippen LogP contribution is -2.41. The van der Waals surface area contributed by atoms with Gasteiger partial charge in [-0.15, -0.1) is 0 Å². The van der Waals surface area contributed by atoms with Crippen LogP contribution in [0.5, 0.6) is 0 Å². The SMILES string of the molecule is CCOCC1CCCN(C(=O)c2cc(C)n(-c3ccccc3F)n2)C1. The number of nitrogens with zero attached hydrogens (tertiary/aromatic N) is 3. The second kappa shape index (κ2) is 7.78. The summed E-state index contributed by atoms with van der Waals surface area (Å²) in [5.41, 5.74) is 1.45. The minimum Gasteiger partial charge on any atom is -0.381 e. The van der Waals surface area contributed by atoms with E-state index in [9.17, 15) is 9.18 Å². The van der Waals surface area contributed by atoms with E-state index < -0.39 is 0 Å². The first kappa shape index (κ1) is 17.6. The molecule has 1 saturated heterocycles. The van der Waals surface area contributed by atoms with Gasteiger partial charge < -0.3 is 9.64 Å². The summed E-state index contributed by atoms with van der Waals surface area (Å²) in [7, 11) is 0. The molecule has 3 rings (SSSR count). The first-order chi connectivity index (χ1) is 12.1. The third-order valence-electron chi connectivity index (χ3n) is 4.55. The Morgan fingerprint density at radius 1 is 1.40 bits per heavy atom. The first-order valence-electron chi connectivity index (χ1n) is 8.78. The number of aromatic nitrogens is 2. The maximum atomic E-state index is 14.0. The summed E-state index contributed by atoms with van der Waals surface area (Å²) in [6.45, 7) is 6.59. The predicted octanol–water partition coefficient (Wildman–Crippen LogP) is 3.21. The highest BCUT2D eigenvalue weighted by atomic mass is 19.1. The number of piperidine rings is 1. The number of benzene rings is 1. The number of carbonyl (C=O) groups is 1. The smallest absolute Gasteiger partial charge is 0.274 e. The van der Waals surface area contributed by atoms with Crippen molar-refractivity contribution in [3.63, 3.8) is 0 Å². The summed E-state index contributed by atoms with van der Waals surface area (Å²) < 4.78 is 21.0. The summed E-state index contributed by atoms with van der Waals surface area (Å²) in [6.07, 6.45) is 2.04. The second-order valence-corrected chi connectivity index (χ2v) is 6.45. The van der Waals surface area contributed by atoms with E-state index in [1.165, 1.54) is 10.7 Å². The van der Waals surface area contributed by atoms with Crippen LogP contribution in [0.15, 0.2) is 30.3 Å². The summed E-state index contributed by atoms with van der Waals surface area (Å²) in [5, 5.41) is 4.36. The van der Waals surface area contributed by atoms with E-state index in [4.69, 9.17) is 4.74 Å². The number of para-hydroxylation sites is 1. The van der Waals surface area contributed by atoms with E-state index in [0.717, 1.165) is 25.1 Å². The molecule has 1 aliphatic rings. The van der Waals surface area contributed by atoms with Crippen LogP contribution in [0.4, 0.5) is 4.39 Å². The topological polar surface area (TPSA) is 47.4 Å². The zero-order valence-corrected chi connectivity index (χ0v) is 14.7. The Bertz CT molecular complexity index is 744. The molecule has 25 heavy (non-hydrogen) atoms. The molecule has 1 fully saturated rings. The maximum Gasteiger partial charge on any atom is 0.274 e. The lowest BCUT2D eigenvalue weighted by molar-refractivity contribution is 0.0496. The standard InChI is InChI=1S/C19H24FN3O2/c1-3-25-13-15-7-6-10-22(12-15)19(24)17-11-14(2)23(21-17)18-9-5-4-8-16(18)20/h4-5,8-9,11,15H,3,6-7,10,12-13H2,1-2H3. The monoisotopic (exact) mass is 345 g/mol. The van der Waals surface area contributed by atoms with Gasteiger partial charge in [0.2, 0.25) is 0 Å². The zero-order chi connectivity index (χ0) is 17.8. The van der Waals surface area contributed by atoms with Gasteiger partial charge in [0.25, 0.3) is 5.91 Å². The molecule has 0 spiro atoms. The molecule has 1 atom stereocenters. The molecule has 5 nitrogen and oxygen atoms in total. The van der Waals surface area contributed by atoms with Gasteiger partial charge in [-0.1, -0.05) is 12.1 Å². The Hall–Kier alpha value is -2.21. The number of likely N-dealkylation sites (tertiary alicyclic amines) is 1. The number of rotatable bonds is 5. The van der Waals surface area contributed by atoms with E-state index in [0.29, 0.717) is 37.1 Å². The summed E-state index contributed by atoms with van der Waals surface area (Å²) in [5.74, 6) is -0.0887. The lowest BCUT2D eigenvalue weighted by atomic mass is 9.98. The van der Waals surface area contributed by atoms with Crippen molar-refractivity contribution in [3.05, 3.63) is 47.5 Å². The van der Waals surface area contributed by atoms with E-state index >= 15 is 0 Å². The minimum absolute atomic E-state index is 0.0978. The molecule has 0 bridgehead atoms. The Morgan fingerprint density at radius 2 is 2.20 bits per heavy atom. The molecule has 1 aromatic heterocycles. The molecule has 0 N–H and O–H groups in total. The molecular formula is C19H24FN3O2. The van der Waals surface area contributed by atoms with Crippen molar-refractivity contribution in [3.8, 4) is 5.69 Å². The quantitative estimate of drug-likeness (QED) is 0.836. The maximum absolute atomic E-state index is 14.0. The molecule has 1 unspecified atom stereocenters. The van der Waals surface area contributed by atoms with Gasteiger partial charge in [-0.3, -0.25) is 4.79 Å². The zero-order valence-electron chi connectivity index (χ0n) is 14.7. The van der Waals surface area contributed by atoms with Crippen molar-refractivity contribution in [1.82, 2.24) is 14.7 Å². The molecular weight excluding hydrogens is 321 g/mol. The highest BCUT2D eigenvalue weighted by Gasteiger charge is 2.26.